The Balaban J connectivity index is 2.14. The van der Waals surface area contributed by atoms with E-state index in [2.05, 4.69) is 9.97 Å². The molecule has 0 unspecified atom stereocenters. The molecule has 0 atom stereocenters. The molecule has 2 aromatic heterocycles. The molecule has 0 fully saturated rings. The molecule has 0 aliphatic rings. The van der Waals surface area contributed by atoms with E-state index in [1.807, 2.05) is 13.8 Å². The second kappa shape index (κ2) is 6.62. The van der Waals surface area contributed by atoms with Crippen LogP contribution in [0.5, 0.6) is 5.75 Å². The summed E-state index contributed by atoms with van der Waals surface area (Å²) in [6, 6.07) is 2.86. The number of aromatic amines is 1. The first-order chi connectivity index (χ1) is 9.99. The van der Waals surface area contributed by atoms with Gasteiger partial charge in [0.1, 0.15) is 12.0 Å². The highest BCUT2D eigenvalue weighted by Gasteiger charge is 2.08. The molecule has 0 aliphatic heterocycles. The molecule has 21 heavy (non-hydrogen) atoms. The standard InChI is InChI=1S/C14H16N2O4S/c1-8(2)10-5-13(18)16-14(15-10)21-7-9-4-11(17)12(19-3)6-20-9/h4-6,8H,7H2,1-3H3,(H,15,16,18). The molecule has 2 aromatic rings. The van der Waals surface area contributed by atoms with Crippen LogP contribution in [0, 0.1) is 0 Å². The number of nitrogens with zero attached hydrogens (tertiary/aromatic N) is 1. The van der Waals surface area contributed by atoms with E-state index in [0.717, 1.165) is 5.69 Å². The zero-order valence-electron chi connectivity index (χ0n) is 12.0. The van der Waals surface area contributed by atoms with Crippen LogP contribution < -0.4 is 15.7 Å². The molecule has 7 heteroatoms. The maximum absolute atomic E-state index is 11.6. The van der Waals surface area contributed by atoms with E-state index < -0.39 is 0 Å². The Morgan fingerprint density at radius 1 is 1.38 bits per heavy atom. The van der Waals surface area contributed by atoms with Crippen LogP contribution in [0.4, 0.5) is 0 Å². The Bertz CT molecular complexity index is 736. The second-order valence-corrected chi connectivity index (χ2v) is 5.66. The average Bonchev–Trinajstić information content (AvgIpc) is 2.44. The normalized spacial score (nSPS) is 10.9. The van der Waals surface area contributed by atoms with Crippen molar-refractivity contribution >= 4 is 11.8 Å². The summed E-state index contributed by atoms with van der Waals surface area (Å²) in [6.07, 6.45) is 1.28. The molecule has 0 saturated heterocycles. The van der Waals surface area contributed by atoms with Gasteiger partial charge in [-0.05, 0) is 5.92 Å². The molecule has 0 bridgehead atoms. The molecule has 0 spiro atoms. The maximum Gasteiger partial charge on any atom is 0.251 e. The number of H-pyrrole nitrogens is 1. The van der Waals surface area contributed by atoms with Crippen LogP contribution in [0.2, 0.25) is 0 Å². The maximum atomic E-state index is 11.6. The third-order valence-electron chi connectivity index (χ3n) is 2.75. The lowest BCUT2D eigenvalue weighted by molar-refractivity contribution is 0.381. The molecule has 0 radical (unpaired) electrons. The summed E-state index contributed by atoms with van der Waals surface area (Å²) in [5.74, 6) is 1.22. The SMILES string of the molecule is COc1coc(CSc2nc(C(C)C)cc(=O)[nH]2)cc1=O. The predicted octanol–water partition coefficient (Wildman–Crippen LogP) is 2.15. The molecule has 0 saturated carbocycles. The smallest absolute Gasteiger partial charge is 0.251 e. The van der Waals surface area contributed by atoms with E-state index >= 15 is 0 Å². The van der Waals surface area contributed by atoms with Gasteiger partial charge < -0.3 is 14.1 Å². The van der Waals surface area contributed by atoms with Gasteiger partial charge in [0.2, 0.25) is 11.2 Å². The minimum Gasteiger partial charge on any atom is -0.490 e. The van der Waals surface area contributed by atoms with E-state index in [-0.39, 0.29) is 22.7 Å². The van der Waals surface area contributed by atoms with Gasteiger partial charge in [0.15, 0.2) is 5.16 Å². The quantitative estimate of drug-likeness (QED) is 0.673. The van der Waals surface area contributed by atoms with Crippen molar-refractivity contribution < 1.29 is 9.15 Å². The molecular weight excluding hydrogens is 292 g/mol. The third-order valence-corrected chi connectivity index (χ3v) is 3.65. The molecule has 2 heterocycles. The highest BCUT2D eigenvalue weighted by molar-refractivity contribution is 7.98. The lowest BCUT2D eigenvalue weighted by atomic mass is 10.1. The Kier molecular flexibility index (Phi) is 4.85. The number of nitrogens with one attached hydrogen (secondary N) is 1. The van der Waals surface area contributed by atoms with E-state index in [0.29, 0.717) is 16.7 Å². The van der Waals surface area contributed by atoms with Gasteiger partial charge in [-0.1, -0.05) is 25.6 Å². The summed E-state index contributed by atoms with van der Waals surface area (Å²) in [5.41, 5.74) is 0.307. The zero-order chi connectivity index (χ0) is 15.4. The first-order valence-corrected chi connectivity index (χ1v) is 7.38. The van der Waals surface area contributed by atoms with Crippen LogP contribution in [-0.2, 0) is 5.75 Å². The summed E-state index contributed by atoms with van der Waals surface area (Å²) < 4.78 is 10.1. The van der Waals surface area contributed by atoms with Gasteiger partial charge in [-0.25, -0.2) is 4.98 Å². The van der Waals surface area contributed by atoms with Crippen LogP contribution in [0.15, 0.2) is 37.6 Å². The van der Waals surface area contributed by atoms with Gasteiger partial charge in [-0.3, -0.25) is 9.59 Å². The van der Waals surface area contributed by atoms with Gasteiger partial charge in [-0.2, -0.15) is 0 Å². The number of methoxy groups -OCH3 is 1. The van der Waals surface area contributed by atoms with Gasteiger partial charge in [-0.15, -0.1) is 0 Å². The van der Waals surface area contributed by atoms with Crippen molar-refractivity contribution in [3.63, 3.8) is 0 Å². The van der Waals surface area contributed by atoms with Crippen molar-refractivity contribution in [2.75, 3.05) is 7.11 Å². The Morgan fingerprint density at radius 2 is 2.14 bits per heavy atom. The molecule has 1 N–H and O–H groups in total. The zero-order valence-corrected chi connectivity index (χ0v) is 12.8. The fraction of sp³-hybridized carbons (Fsp3) is 0.357. The van der Waals surface area contributed by atoms with Gasteiger partial charge in [0.25, 0.3) is 5.56 Å². The average molecular weight is 308 g/mol. The lowest BCUT2D eigenvalue weighted by Crippen LogP contribution is -2.11. The first-order valence-electron chi connectivity index (χ1n) is 6.39. The van der Waals surface area contributed by atoms with Crippen LogP contribution in [-0.4, -0.2) is 17.1 Å². The molecular formula is C14H16N2O4S. The topological polar surface area (TPSA) is 85.2 Å². The largest absolute Gasteiger partial charge is 0.490 e. The predicted molar refractivity (Wildman–Crippen MR) is 80.0 cm³/mol. The number of thioether (sulfide) groups is 1. The lowest BCUT2D eigenvalue weighted by Gasteiger charge is -2.06. The van der Waals surface area contributed by atoms with Crippen molar-refractivity contribution in [2.45, 2.75) is 30.7 Å². The third kappa shape index (κ3) is 3.98. The van der Waals surface area contributed by atoms with E-state index in [4.69, 9.17) is 9.15 Å². The number of hydrogen-bond acceptors (Lipinski definition) is 6. The van der Waals surface area contributed by atoms with Crippen molar-refractivity contribution in [1.29, 1.82) is 0 Å². The Labute approximate surface area is 125 Å². The summed E-state index contributed by atoms with van der Waals surface area (Å²) in [5, 5.41) is 0.504. The van der Waals surface area contributed by atoms with E-state index in [1.54, 1.807) is 0 Å². The Morgan fingerprint density at radius 3 is 2.76 bits per heavy atom. The minimum atomic E-state index is -0.239. The van der Waals surface area contributed by atoms with Gasteiger partial charge >= 0.3 is 0 Å². The Hall–Kier alpha value is -2.02. The van der Waals surface area contributed by atoms with Crippen LogP contribution in [0.1, 0.15) is 31.2 Å². The number of ether oxygens (including phenoxy) is 1. The molecule has 0 amide bonds. The van der Waals surface area contributed by atoms with E-state index in [1.165, 1.54) is 37.3 Å². The fourth-order valence-corrected chi connectivity index (χ4v) is 2.39. The van der Waals surface area contributed by atoms with Gasteiger partial charge in [0.05, 0.1) is 18.6 Å². The molecule has 6 nitrogen and oxygen atoms in total. The highest BCUT2D eigenvalue weighted by atomic mass is 32.2. The number of hydrogen-bond donors (Lipinski definition) is 1. The summed E-state index contributed by atoms with van der Waals surface area (Å²) in [7, 11) is 1.41. The highest BCUT2D eigenvalue weighted by Crippen LogP contribution is 2.20. The van der Waals surface area contributed by atoms with Gasteiger partial charge in [0, 0.05) is 12.1 Å². The van der Waals surface area contributed by atoms with E-state index in [9.17, 15) is 9.59 Å². The van der Waals surface area contributed by atoms with Crippen molar-refractivity contribution in [1.82, 2.24) is 9.97 Å². The summed E-state index contributed by atoms with van der Waals surface area (Å²) in [4.78, 5) is 30.2. The number of rotatable bonds is 5. The van der Waals surface area contributed by atoms with Crippen molar-refractivity contribution in [2.24, 2.45) is 0 Å². The van der Waals surface area contributed by atoms with Crippen LogP contribution >= 0.6 is 11.8 Å². The van der Waals surface area contributed by atoms with Crippen molar-refractivity contribution in [3.05, 3.63) is 50.4 Å². The molecule has 2 rings (SSSR count). The molecule has 0 aliphatic carbocycles. The fourth-order valence-electron chi connectivity index (χ4n) is 1.62. The second-order valence-electron chi connectivity index (χ2n) is 4.70. The monoisotopic (exact) mass is 308 g/mol. The van der Waals surface area contributed by atoms with Crippen LogP contribution in [0.25, 0.3) is 0 Å². The number of aromatic nitrogens is 2. The van der Waals surface area contributed by atoms with Crippen molar-refractivity contribution in [3.8, 4) is 5.75 Å². The molecule has 112 valence electrons. The summed E-state index contributed by atoms with van der Waals surface area (Å²) >= 11 is 1.30. The first kappa shape index (κ1) is 15.4. The molecule has 0 aromatic carbocycles. The summed E-state index contributed by atoms with van der Waals surface area (Å²) in [6.45, 7) is 3.94. The minimum absolute atomic E-state index is 0.164. The van der Waals surface area contributed by atoms with Crippen LogP contribution in [0.3, 0.4) is 0 Å².